The van der Waals surface area contributed by atoms with E-state index in [0.29, 0.717) is 16.3 Å². The Hall–Kier alpha value is -2.87. The van der Waals surface area contributed by atoms with E-state index in [1.54, 1.807) is 62.4 Å². The fourth-order valence-electron chi connectivity index (χ4n) is 2.84. The molecule has 0 unspecified atom stereocenters. The molecule has 3 rings (SSSR count). The summed E-state index contributed by atoms with van der Waals surface area (Å²) < 4.78 is 5.13. The number of amides is 2. The third-order valence-corrected chi connectivity index (χ3v) is 6.03. The zero-order valence-electron chi connectivity index (χ0n) is 16.6. The van der Waals surface area contributed by atoms with Gasteiger partial charge in [0, 0.05) is 10.7 Å². The minimum absolute atomic E-state index is 0.128. The van der Waals surface area contributed by atoms with E-state index in [1.807, 2.05) is 0 Å². The van der Waals surface area contributed by atoms with Gasteiger partial charge in [-0.15, -0.1) is 11.3 Å². The van der Waals surface area contributed by atoms with Gasteiger partial charge < -0.3 is 15.4 Å². The van der Waals surface area contributed by atoms with Gasteiger partial charge in [0.15, 0.2) is 0 Å². The van der Waals surface area contributed by atoms with Crippen LogP contribution < -0.4 is 10.6 Å². The Balaban J connectivity index is 1.96. The lowest BCUT2D eigenvalue weighted by Gasteiger charge is -2.08. The summed E-state index contributed by atoms with van der Waals surface area (Å²) >= 11 is 13.1. The van der Waals surface area contributed by atoms with Crippen molar-refractivity contribution in [3.8, 4) is 0 Å². The van der Waals surface area contributed by atoms with Crippen molar-refractivity contribution >= 4 is 63.0 Å². The Morgan fingerprint density at radius 3 is 2.42 bits per heavy atom. The predicted octanol–water partition coefficient (Wildman–Crippen LogP) is 6.04. The van der Waals surface area contributed by atoms with Crippen LogP contribution in [-0.4, -0.2) is 24.4 Å². The molecule has 0 spiro atoms. The molecule has 0 aliphatic rings. The first-order chi connectivity index (χ1) is 14.8. The Labute approximate surface area is 193 Å². The van der Waals surface area contributed by atoms with E-state index in [-0.39, 0.29) is 32.6 Å². The molecule has 6 nitrogen and oxygen atoms in total. The number of anilines is 2. The summed E-state index contributed by atoms with van der Waals surface area (Å²) in [4.78, 5) is 38.4. The second-order valence-corrected chi connectivity index (χ2v) is 8.24. The predicted molar refractivity (Wildman–Crippen MR) is 124 cm³/mol. The largest absolute Gasteiger partial charge is 0.462 e. The molecule has 0 fully saturated rings. The van der Waals surface area contributed by atoms with Crippen LogP contribution in [0.5, 0.6) is 0 Å². The first-order valence-electron chi connectivity index (χ1n) is 9.25. The lowest BCUT2D eigenvalue weighted by Crippen LogP contribution is -2.15. The zero-order chi connectivity index (χ0) is 22.5. The molecular weight excluding hydrogens is 459 g/mol. The average Bonchev–Trinajstić information content (AvgIpc) is 3.04. The maximum absolute atomic E-state index is 12.9. The van der Waals surface area contributed by atoms with E-state index in [4.69, 9.17) is 27.9 Å². The number of esters is 1. The van der Waals surface area contributed by atoms with Crippen LogP contribution in [0.4, 0.5) is 10.7 Å². The van der Waals surface area contributed by atoms with E-state index in [9.17, 15) is 14.4 Å². The minimum atomic E-state index is -0.632. The highest BCUT2D eigenvalue weighted by Gasteiger charge is 2.27. The summed E-state index contributed by atoms with van der Waals surface area (Å²) in [6, 6.07) is 13.2. The molecule has 0 saturated heterocycles. The van der Waals surface area contributed by atoms with Crippen LogP contribution >= 0.6 is 34.5 Å². The zero-order valence-corrected chi connectivity index (χ0v) is 19.0. The number of benzene rings is 2. The van der Waals surface area contributed by atoms with Gasteiger partial charge in [-0.2, -0.15) is 0 Å². The molecule has 0 saturated carbocycles. The molecule has 0 aliphatic carbocycles. The highest BCUT2D eigenvalue weighted by atomic mass is 35.5. The standard InChI is InChI=1S/C22H18Cl2N2O4S/c1-3-30-22(29)17-12(2)18(20(28)25-14-8-6-7-13(23)11-14)31-21(17)26-19(27)15-9-4-5-10-16(15)24/h4-11H,3H2,1-2H3,(H,25,28)(H,26,27). The van der Waals surface area contributed by atoms with Crippen molar-refractivity contribution < 1.29 is 19.1 Å². The van der Waals surface area contributed by atoms with Gasteiger partial charge in [0.1, 0.15) is 5.00 Å². The molecule has 9 heteroatoms. The molecular formula is C22H18Cl2N2O4S. The van der Waals surface area contributed by atoms with Crippen molar-refractivity contribution in [3.63, 3.8) is 0 Å². The monoisotopic (exact) mass is 476 g/mol. The molecule has 0 aliphatic heterocycles. The Morgan fingerprint density at radius 2 is 1.74 bits per heavy atom. The van der Waals surface area contributed by atoms with Crippen molar-refractivity contribution in [1.29, 1.82) is 0 Å². The van der Waals surface area contributed by atoms with Gasteiger partial charge in [0.2, 0.25) is 0 Å². The van der Waals surface area contributed by atoms with Gasteiger partial charge in [-0.05, 0) is 49.7 Å². The fraction of sp³-hybridized carbons (Fsp3) is 0.136. The second kappa shape index (κ2) is 9.96. The molecule has 31 heavy (non-hydrogen) atoms. The molecule has 1 heterocycles. The minimum Gasteiger partial charge on any atom is -0.462 e. The fourth-order valence-corrected chi connectivity index (χ4v) is 4.33. The number of ether oxygens (including phenoxy) is 1. The molecule has 0 radical (unpaired) electrons. The van der Waals surface area contributed by atoms with Crippen LogP contribution in [0.1, 0.15) is 42.9 Å². The molecule has 0 bridgehead atoms. The summed E-state index contributed by atoms with van der Waals surface area (Å²) in [6.45, 7) is 3.45. The number of halogens is 2. The Morgan fingerprint density at radius 1 is 1.00 bits per heavy atom. The van der Waals surface area contributed by atoms with Crippen LogP contribution in [0.15, 0.2) is 48.5 Å². The number of rotatable bonds is 6. The normalized spacial score (nSPS) is 10.5. The number of nitrogens with one attached hydrogen (secondary N) is 2. The van der Waals surface area contributed by atoms with Gasteiger partial charge in [-0.25, -0.2) is 4.79 Å². The highest BCUT2D eigenvalue weighted by Crippen LogP contribution is 2.35. The molecule has 2 aromatic carbocycles. The topological polar surface area (TPSA) is 84.5 Å². The summed E-state index contributed by atoms with van der Waals surface area (Å²) in [7, 11) is 0. The van der Waals surface area contributed by atoms with Crippen LogP contribution in [0, 0.1) is 6.92 Å². The van der Waals surface area contributed by atoms with Crippen molar-refractivity contribution in [2.45, 2.75) is 13.8 Å². The maximum atomic E-state index is 12.9. The molecule has 2 N–H and O–H groups in total. The lowest BCUT2D eigenvalue weighted by molar-refractivity contribution is 0.0527. The first-order valence-corrected chi connectivity index (χ1v) is 10.8. The number of hydrogen-bond acceptors (Lipinski definition) is 5. The van der Waals surface area contributed by atoms with Gasteiger partial charge >= 0.3 is 5.97 Å². The average molecular weight is 477 g/mol. The lowest BCUT2D eigenvalue weighted by atomic mass is 10.1. The Kier molecular flexibility index (Phi) is 7.33. The second-order valence-electron chi connectivity index (χ2n) is 6.38. The third kappa shape index (κ3) is 5.25. The van der Waals surface area contributed by atoms with E-state index in [1.165, 1.54) is 0 Å². The van der Waals surface area contributed by atoms with Gasteiger partial charge in [0.25, 0.3) is 11.8 Å². The molecule has 3 aromatic rings. The van der Waals surface area contributed by atoms with Crippen molar-refractivity contribution in [1.82, 2.24) is 0 Å². The van der Waals surface area contributed by atoms with Gasteiger partial charge in [-0.1, -0.05) is 41.4 Å². The molecule has 2 amide bonds. The summed E-state index contributed by atoms with van der Waals surface area (Å²) in [5.74, 6) is -1.57. The van der Waals surface area contributed by atoms with E-state index < -0.39 is 17.8 Å². The SMILES string of the molecule is CCOC(=O)c1c(NC(=O)c2ccccc2Cl)sc(C(=O)Nc2cccc(Cl)c2)c1C. The van der Waals surface area contributed by atoms with Crippen molar-refractivity contribution in [2.24, 2.45) is 0 Å². The summed E-state index contributed by atoms with van der Waals surface area (Å²) in [5.41, 5.74) is 1.28. The third-order valence-electron chi connectivity index (χ3n) is 4.26. The van der Waals surface area contributed by atoms with Crippen molar-refractivity contribution in [2.75, 3.05) is 17.2 Å². The Bertz CT molecular complexity index is 1160. The first kappa shape index (κ1) is 22.8. The van der Waals surface area contributed by atoms with Crippen LogP contribution in [0.3, 0.4) is 0 Å². The van der Waals surface area contributed by atoms with Crippen molar-refractivity contribution in [3.05, 3.63) is 80.1 Å². The van der Waals surface area contributed by atoms with Crippen LogP contribution in [0.25, 0.3) is 0 Å². The highest BCUT2D eigenvalue weighted by molar-refractivity contribution is 7.19. The maximum Gasteiger partial charge on any atom is 0.341 e. The van der Waals surface area contributed by atoms with Gasteiger partial charge in [0.05, 0.1) is 27.6 Å². The van der Waals surface area contributed by atoms with Crippen LogP contribution in [-0.2, 0) is 4.74 Å². The van der Waals surface area contributed by atoms with E-state index in [2.05, 4.69) is 10.6 Å². The molecule has 1 aromatic heterocycles. The van der Waals surface area contributed by atoms with Crippen LogP contribution in [0.2, 0.25) is 10.0 Å². The van der Waals surface area contributed by atoms with Gasteiger partial charge in [-0.3, -0.25) is 9.59 Å². The summed E-state index contributed by atoms with van der Waals surface area (Å²) in [5, 5.41) is 6.38. The number of thiophene rings is 1. The molecule has 0 atom stereocenters. The summed E-state index contributed by atoms with van der Waals surface area (Å²) in [6.07, 6.45) is 0. The quantitative estimate of drug-likeness (QED) is 0.424. The molecule has 160 valence electrons. The van der Waals surface area contributed by atoms with E-state index >= 15 is 0 Å². The number of hydrogen-bond donors (Lipinski definition) is 2. The smallest absolute Gasteiger partial charge is 0.341 e. The number of carbonyl (C=O) groups excluding carboxylic acids is 3. The number of carbonyl (C=O) groups is 3. The van der Waals surface area contributed by atoms with E-state index in [0.717, 1.165) is 11.3 Å².